The van der Waals surface area contributed by atoms with Crippen LogP contribution >= 0.6 is 11.5 Å². The minimum absolute atomic E-state index is 0.103. The zero-order valence-electron chi connectivity index (χ0n) is 13.5. The Morgan fingerprint density at radius 3 is 2.96 bits per heavy atom. The number of aromatic amines is 1. The van der Waals surface area contributed by atoms with E-state index in [9.17, 15) is 4.79 Å². The number of carbonyl (C=O) groups excluding carboxylic acids is 1. The number of amides is 1. The molecule has 0 fully saturated rings. The van der Waals surface area contributed by atoms with Crippen molar-refractivity contribution >= 4 is 23.4 Å². The number of rotatable bonds is 6. The molecule has 0 atom stereocenters. The monoisotopic (exact) mass is 342 g/mol. The number of H-pyrrole nitrogens is 1. The summed E-state index contributed by atoms with van der Waals surface area (Å²) in [7, 11) is 3.80. The van der Waals surface area contributed by atoms with Gasteiger partial charge in [0.2, 0.25) is 5.95 Å². The van der Waals surface area contributed by atoms with E-state index in [4.69, 9.17) is 0 Å². The van der Waals surface area contributed by atoms with Gasteiger partial charge in [0, 0.05) is 50.1 Å². The van der Waals surface area contributed by atoms with Gasteiger partial charge in [0.15, 0.2) is 0 Å². The Balaban J connectivity index is 1.66. The topological polar surface area (TPSA) is 86.8 Å². The molecule has 3 aromatic rings. The van der Waals surface area contributed by atoms with Gasteiger partial charge in [-0.2, -0.15) is 9.36 Å². The van der Waals surface area contributed by atoms with Crippen LogP contribution in [0.4, 0.5) is 5.95 Å². The molecule has 0 aliphatic heterocycles. The maximum Gasteiger partial charge on any atom is 0.251 e. The van der Waals surface area contributed by atoms with Crippen LogP contribution in [0, 0.1) is 0 Å². The predicted octanol–water partition coefficient (Wildman–Crippen LogP) is 1.97. The van der Waals surface area contributed by atoms with Crippen molar-refractivity contribution in [3.05, 3.63) is 48.0 Å². The minimum Gasteiger partial charge on any atom is -0.352 e. The molecule has 0 bridgehead atoms. The van der Waals surface area contributed by atoms with E-state index in [-0.39, 0.29) is 5.91 Å². The summed E-state index contributed by atoms with van der Waals surface area (Å²) >= 11 is 1.32. The Morgan fingerprint density at radius 1 is 1.38 bits per heavy atom. The first-order valence-corrected chi connectivity index (χ1v) is 8.28. The molecule has 24 heavy (non-hydrogen) atoms. The summed E-state index contributed by atoms with van der Waals surface area (Å²) in [6, 6.07) is 7.42. The Bertz CT molecular complexity index is 812. The number of anilines is 1. The number of benzene rings is 1. The van der Waals surface area contributed by atoms with Gasteiger partial charge in [-0.25, -0.2) is 4.98 Å². The van der Waals surface area contributed by atoms with Crippen LogP contribution in [0.2, 0.25) is 0 Å². The Labute approximate surface area is 143 Å². The highest BCUT2D eigenvalue weighted by Gasteiger charge is 2.11. The third kappa shape index (κ3) is 3.77. The van der Waals surface area contributed by atoms with Crippen LogP contribution in [0.25, 0.3) is 10.6 Å². The molecule has 7 nitrogen and oxygen atoms in total. The summed E-state index contributed by atoms with van der Waals surface area (Å²) in [6.07, 6.45) is 4.10. The number of nitrogens with zero attached hydrogens (tertiary/aromatic N) is 4. The first-order chi connectivity index (χ1) is 11.6. The van der Waals surface area contributed by atoms with Crippen LogP contribution in [0.1, 0.15) is 16.1 Å². The Morgan fingerprint density at radius 2 is 2.25 bits per heavy atom. The van der Waals surface area contributed by atoms with Crippen LogP contribution in [0.5, 0.6) is 0 Å². The van der Waals surface area contributed by atoms with Gasteiger partial charge in [0.1, 0.15) is 5.01 Å². The second-order valence-electron chi connectivity index (χ2n) is 5.46. The highest BCUT2D eigenvalue weighted by molar-refractivity contribution is 7.09. The molecule has 0 unspecified atom stereocenters. The molecule has 0 saturated carbocycles. The van der Waals surface area contributed by atoms with Crippen LogP contribution in [-0.2, 0) is 6.42 Å². The van der Waals surface area contributed by atoms with Crippen molar-refractivity contribution in [3.63, 3.8) is 0 Å². The van der Waals surface area contributed by atoms with Gasteiger partial charge in [0.05, 0.1) is 6.33 Å². The highest BCUT2D eigenvalue weighted by atomic mass is 32.1. The molecule has 8 heteroatoms. The summed E-state index contributed by atoms with van der Waals surface area (Å²) in [5.74, 6) is 0.568. The van der Waals surface area contributed by atoms with Crippen LogP contribution in [0.3, 0.4) is 0 Å². The third-order valence-electron chi connectivity index (χ3n) is 3.42. The lowest BCUT2D eigenvalue weighted by Gasteiger charge is -2.06. The fourth-order valence-corrected chi connectivity index (χ4v) is 2.87. The fourth-order valence-electron chi connectivity index (χ4n) is 2.14. The van der Waals surface area contributed by atoms with E-state index in [1.165, 1.54) is 11.5 Å². The molecule has 2 heterocycles. The molecule has 1 aromatic carbocycles. The SMILES string of the molecule is CN(C)c1nsc(-c2cccc(C(=O)NCCc3cnc[nH]3)c2)n1. The number of imidazole rings is 1. The number of aromatic nitrogens is 4. The Kier molecular flexibility index (Phi) is 4.85. The first kappa shape index (κ1) is 16.1. The van der Waals surface area contributed by atoms with Crippen molar-refractivity contribution in [1.29, 1.82) is 0 Å². The Hall–Kier alpha value is -2.74. The first-order valence-electron chi connectivity index (χ1n) is 7.50. The van der Waals surface area contributed by atoms with E-state index in [1.807, 2.05) is 37.2 Å². The van der Waals surface area contributed by atoms with Crippen molar-refractivity contribution in [3.8, 4) is 10.6 Å². The molecular formula is C16H18N6OS. The average molecular weight is 342 g/mol. The molecule has 2 aromatic heterocycles. The van der Waals surface area contributed by atoms with E-state index < -0.39 is 0 Å². The largest absolute Gasteiger partial charge is 0.352 e. The van der Waals surface area contributed by atoms with Crippen molar-refractivity contribution < 1.29 is 4.79 Å². The van der Waals surface area contributed by atoms with Gasteiger partial charge in [-0.15, -0.1) is 0 Å². The smallest absolute Gasteiger partial charge is 0.251 e. The second-order valence-corrected chi connectivity index (χ2v) is 6.21. The molecule has 1 amide bonds. The summed E-state index contributed by atoms with van der Waals surface area (Å²) in [6.45, 7) is 0.550. The van der Waals surface area contributed by atoms with E-state index in [1.54, 1.807) is 18.6 Å². The van der Waals surface area contributed by atoms with Crippen molar-refractivity contribution in [2.24, 2.45) is 0 Å². The van der Waals surface area contributed by atoms with Gasteiger partial charge in [-0.3, -0.25) is 4.79 Å². The molecular weight excluding hydrogens is 324 g/mol. The quantitative estimate of drug-likeness (QED) is 0.715. The maximum absolute atomic E-state index is 12.3. The van der Waals surface area contributed by atoms with E-state index in [0.29, 0.717) is 24.5 Å². The molecule has 0 spiro atoms. The maximum atomic E-state index is 12.3. The van der Waals surface area contributed by atoms with Gasteiger partial charge < -0.3 is 15.2 Å². The minimum atomic E-state index is -0.103. The summed E-state index contributed by atoms with van der Waals surface area (Å²) < 4.78 is 4.29. The van der Waals surface area contributed by atoms with Crippen molar-refractivity contribution in [1.82, 2.24) is 24.6 Å². The zero-order valence-corrected chi connectivity index (χ0v) is 14.3. The van der Waals surface area contributed by atoms with Gasteiger partial charge in [0.25, 0.3) is 5.91 Å². The summed E-state index contributed by atoms with van der Waals surface area (Å²) in [4.78, 5) is 25.6. The zero-order chi connectivity index (χ0) is 16.9. The molecule has 0 radical (unpaired) electrons. The number of hydrogen-bond donors (Lipinski definition) is 2. The number of hydrogen-bond acceptors (Lipinski definition) is 6. The van der Waals surface area contributed by atoms with Gasteiger partial charge in [-0.05, 0) is 23.7 Å². The molecule has 0 aliphatic rings. The summed E-state index contributed by atoms with van der Waals surface area (Å²) in [5, 5.41) is 3.71. The molecule has 3 rings (SSSR count). The highest BCUT2D eigenvalue weighted by Crippen LogP contribution is 2.24. The molecule has 124 valence electrons. The van der Waals surface area contributed by atoms with E-state index >= 15 is 0 Å². The van der Waals surface area contributed by atoms with Crippen LogP contribution in [-0.4, -0.2) is 45.9 Å². The van der Waals surface area contributed by atoms with Gasteiger partial charge >= 0.3 is 0 Å². The standard InChI is InChI=1S/C16H18N6OS/c1-22(2)16-20-15(24-21-16)12-5-3-4-11(8-12)14(23)18-7-6-13-9-17-10-19-13/h3-5,8-10H,6-7H2,1-2H3,(H,17,19)(H,18,23). The number of carbonyl (C=O) groups is 1. The average Bonchev–Trinajstić information content (AvgIpc) is 3.26. The van der Waals surface area contributed by atoms with Crippen LogP contribution in [0.15, 0.2) is 36.8 Å². The fraction of sp³-hybridized carbons (Fsp3) is 0.250. The lowest BCUT2D eigenvalue weighted by molar-refractivity contribution is 0.0954. The molecule has 0 aliphatic carbocycles. The third-order valence-corrected chi connectivity index (χ3v) is 4.18. The molecule has 0 saturated heterocycles. The van der Waals surface area contributed by atoms with Crippen molar-refractivity contribution in [2.45, 2.75) is 6.42 Å². The lowest BCUT2D eigenvalue weighted by atomic mass is 10.1. The summed E-state index contributed by atoms with van der Waals surface area (Å²) in [5.41, 5.74) is 2.50. The van der Waals surface area contributed by atoms with Gasteiger partial charge in [-0.1, -0.05) is 12.1 Å². The van der Waals surface area contributed by atoms with Crippen LogP contribution < -0.4 is 10.2 Å². The number of nitrogens with one attached hydrogen (secondary N) is 2. The normalized spacial score (nSPS) is 10.6. The van der Waals surface area contributed by atoms with Crippen molar-refractivity contribution in [2.75, 3.05) is 25.5 Å². The van der Waals surface area contributed by atoms with E-state index in [2.05, 4.69) is 24.6 Å². The predicted molar refractivity (Wildman–Crippen MR) is 94.3 cm³/mol. The molecule has 2 N–H and O–H groups in total. The lowest BCUT2D eigenvalue weighted by Crippen LogP contribution is -2.25. The van der Waals surface area contributed by atoms with E-state index in [0.717, 1.165) is 16.3 Å². The second kappa shape index (κ2) is 7.22.